The number of hydrogen-bond donors (Lipinski definition) is 2. The second-order valence-electron chi connectivity index (χ2n) is 5.97. The van der Waals surface area contributed by atoms with Gasteiger partial charge >= 0.3 is 0 Å². The number of sulfonamides is 1. The Kier molecular flexibility index (Phi) is 4.60. The molecule has 0 heterocycles. The molecule has 0 bridgehead atoms. The van der Waals surface area contributed by atoms with Crippen LogP contribution in [0.15, 0.2) is 12.1 Å². The number of phenols is 1. The van der Waals surface area contributed by atoms with Crippen molar-refractivity contribution >= 4 is 10.0 Å². The van der Waals surface area contributed by atoms with Crippen LogP contribution in [0.1, 0.15) is 42.0 Å². The van der Waals surface area contributed by atoms with Gasteiger partial charge in [-0.15, -0.1) is 0 Å². The molecule has 2 N–H and O–H groups in total. The largest absolute Gasteiger partial charge is 0.508 e. The third kappa shape index (κ3) is 3.22. The van der Waals surface area contributed by atoms with Crippen LogP contribution in [0.3, 0.4) is 0 Å². The quantitative estimate of drug-likeness (QED) is 0.869. The lowest BCUT2D eigenvalue weighted by Gasteiger charge is -2.17. The third-order valence-electron chi connectivity index (χ3n) is 4.22. The summed E-state index contributed by atoms with van der Waals surface area (Å²) in [5.74, 6) is 0.732. The van der Waals surface area contributed by atoms with Crippen LogP contribution in [0.5, 0.6) is 5.75 Å². The molecule has 1 aliphatic carbocycles. The van der Waals surface area contributed by atoms with Gasteiger partial charge in [0.05, 0.1) is 5.75 Å². The minimum absolute atomic E-state index is 0.0206. The second-order valence-corrected chi connectivity index (χ2v) is 8.27. The summed E-state index contributed by atoms with van der Waals surface area (Å²) in [5.41, 5.74) is 3.31. The minimum Gasteiger partial charge on any atom is -0.508 e. The van der Waals surface area contributed by atoms with E-state index >= 15 is 0 Å². The number of aromatic hydroxyl groups is 1. The van der Waals surface area contributed by atoms with E-state index < -0.39 is 10.0 Å². The van der Waals surface area contributed by atoms with Crippen LogP contribution in [0.25, 0.3) is 0 Å². The molecule has 6 heteroatoms. The standard InChI is InChI=1S/C15H24N2O3S/c1-10-5-6-13(18)15-12(9-11(2)14(10)15)16-7-8-21(19,20)17(3)4/h5-6,11-12,16,18H,7-9H2,1-4H3. The van der Waals surface area contributed by atoms with Gasteiger partial charge in [-0.1, -0.05) is 13.0 Å². The van der Waals surface area contributed by atoms with E-state index in [0.717, 1.165) is 12.0 Å². The predicted octanol–water partition coefficient (Wildman–Crippen LogP) is 1.73. The Morgan fingerprint density at radius 2 is 2.00 bits per heavy atom. The van der Waals surface area contributed by atoms with E-state index in [0.29, 0.717) is 18.2 Å². The molecule has 0 saturated carbocycles. The van der Waals surface area contributed by atoms with Gasteiger partial charge in [0.25, 0.3) is 0 Å². The van der Waals surface area contributed by atoms with E-state index in [2.05, 4.69) is 12.2 Å². The van der Waals surface area contributed by atoms with E-state index in [1.165, 1.54) is 29.5 Å². The molecule has 118 valence electrons. The number of aryl methyl sites for hydroxylation is 1. The summed E-state index contributed by atoms with van der Waals surface area (Å²) in [6, 6.07) is 3.67. The van der Waals surface area contributed by atoms with Crippen molar-refractivity contribution in [1.29, 1.82) is 0 Å². The molecule has 1 aromatic carbocycles. The van der Waals surface area contributed by atoms with Crippen molar-refractivity contribution in [3.63, 3.8) is 0 Å². The summed E-state index contributed by atoms with van der Waals surface area (Å²) in [6.07, 6.45) is 0.885. The summed E-state index contributed by atoms with van der Waals surface area (Å²) in [7, 11) is -0.112. The van der Waals surface area contributed by atoms with Crippen molar-refractivity contribution in [3.8, 4) is 5.75 Å². The first-order valence-corrected chi connectivity index (χ1v) is 8.81. The van der Waals surface area contributed by atoms with E-state index in [1.54, 1.807) is 6.07 Å². The van der Waals surface area contributed by atoms with Gasteiger partial charge in [-0.25, -0.2) is 12.7 Å². The summed E-state index contributed by atoms with van der Waals surface area (Å²) in [4.78, 5) is 0. The van der Waals surface area contributed by atoms with Crippen molar-refractivity contribution in [1.82, 2.24) is 9.62 Å². The maximum absolute atomic E-state index is 11.8. The van der Waals surface area contributed by atoms with E-state index in [9.17, 15) is 13.5 Å². The normalized spacial score (nSPS) is 21.8. The van der Waals surface area contributed by atoms with Crippen LogP contribution in [0.2, 0.25) is 0 Å². The molecular weight excluding hydrogens is 288 g/mol. The Balaban J connectivity index is 2.11. The molecule has 0 radical (unpaired) electrons. The molecule has 5 nitrogen and oxygen atoms in total. The van der Waals surface area contributed by atoms with Crippen molar-refractivity contribution in [2.24, 2.45) is 0 Å². The molecule has 2 atom stereocenters. The Hall–Kier alpha value is -1.11. The maximum atomic E-state index is 11.8. The SMILES string of the molecule is Cc1ccc(O)c2c1C(C)CC2NCCS(=O)(=O)N(C)C. The Morgan fingerprint density at radius 3 is 2.62 bits per heavy atom. The third-order valence-corrected chi connectivity index (χ3v) is 6.05. The number of benzene rings is 1. The zero-order chi connectivity index (χ0) is 15.8. The molecule has 0 spiro atoms. The van der Waals surface area contributed by atoms with Crippen LogP contribution < -0.4 is 5.32 Å². The molecule has 2 rings (SSSR count). The number of fused-ring (bicyclic) bond motifs is 1. The van der Waals surface area contributed by atoms with Crippen LogP contribution in [-0.2, 0) is 10.0 Å². The lowest BCUT2D eigenvalue weighted by atomic mass is 9.97. The first kappa shape index (κ1) is 16.3. The molecule has 0 fully saturated rings. The summed E-state index contributed by atoms with van der Waals surface area (Å²) in [6.45, 7) is 4.57. The number of rotatable bonds is 5. The fraction of sp³-hybridized carbons (Fsp3) is 0.600. The minimum atomic E-state index is -3.19. The van der Waals surface area contributed by atoms with Gasteiger partial charge in [-0.05, 0) is 36.5 Å². The monoisotopic (exact) mass is 312 g/mol. The van der Waals surface area contributed by atoms with Gasteiger partial charge in [0.1, 0.15) is 5.75 Å². The number of nitrogens with zero attached hydrogens (tertiary/aromatic N) is 1. The highest BCUT2D eigenvalue weighted by molar-refractivity contribution is 7.89. The molecule has 0 amide bonds. The van der Waals surface area contributed by atoms with Gasteiger partial charge in [0.15, 0.2) is 0 Å². The van der Waals surface area contributed by atoms with Crippen molar-refractivity contribution < 1.29 is 13.5 Å². The molecular formula is C15H24N2O3S. The number of phenolic OH excluding ortho intramolecular Hbond substituents is 1. The Bertz CT molecular complexity index is 626. The topological polar surface area (TPSA) is 69.6 Å². The van der Waals surface area contributed by atoms with Gasteiger partial charge in [0.2, 0.25) is 10.0 Å². The average Bonchev–Trinajstić information content (AvgIpc) is 2.72. The van der Waals surface area contributed by atoms with Gasteiger partial charge < -0.3 is 10.4 Å². The predicted molar refractivity (Wildman–Crippen MR) is 84.1 cm³/mol. The van der Waals surface area contributed by atoms with E-state index in [-0.39, 0.29) is 11.8 Å². The van der Waals surface area contributed by atoms with Crippen LogP contribution >= 0.6 is 0 Å². The summed E-state index contributed by atoms with van der Waals surface area (Å²) >= 11 is 0. The Labute approximate surface area is 127 Å². The smallest absolute Gasteiger partial charge is 0.214 e. The van der Waals surface area contributed by atoms with Crippen molar-refractivity contribution in [3.05, 3.63) is 28.8 Å². The summed E-state index contributed by atoms with van der Waals surface area (Å²) < 4.78 is 24.8. The second kappa shape index (κ2) is 5.94. The van der Waals surface area contributed by atoms with Crippen LogP contribution in [0, 0.1) is 6.92 Å². The molecule has 1 aromatic rings. The highest BCUT2D eigenvalue weighted by Gasteiger charge is 2.32. The zero-order valence-electron chi connectivity index (χ0n) is 13.0. The molecule has 0 aliphatic heterocycles. The highest BCUT2D eigenvalue weighted by Crippen LogP contribution is 2.45. The van der Waals surface area contributed by atoms with Gasteiger partial charge in [-0.3, -0.25) is 0 Å². The van der Waals surface area contributed by atoms with E-state index in [4.69, 9.17) is 0 Å². The first-order chi connectivity index (χ1) is 9.74. The molecule has 0 aromatic heterocycles. The van der Waals surface area contributed by atoms with Crippen LogP contribution in [-0.4, -0.2) is 44.2 Å². The molecule has 1 aliphatic rings. The van der Waals surface area contributed by atoms with Crippen molar-refractivity contribution in [2.45, 2.75) is 32.2 Å². The lowest BCUT2D eigenvalue weighted by Crippen LogP contribution is -2.32. The lowest BCUT2D eigenvalue weighted by molar-refractivity contribution is 0.448. The van der Waals surface area contributed by atoms with Crippen LogP contribution in [0.4, 0.5) is 0 Å². The highest BCUT2D eigenvalue weighted by atomic mass is 32.2. The maximum Gasteiger partial charge on any atom is 0.214 e. The Morgan fingerprint density at radius 1 is 1.33 bits per heavy atom. The van der Waals surface area contributed by atoms with Gasteiger partial charge in [0, 0.05) is 32.2 Å². The van der Waals surface area contributed by atoms with Gasteiger partial charge in [-0.2, -0.15) is 0 Å². The molecule has 0 saturated heterocycles. The fourth-order valence-electron chi connectivity index (χ4n) is 3.07. The van der Waals surface area contributed by atoms with Crippen molar-refractivity contribution in [2.75, 3.05) is 26.4 Å². The summed E-state index contributed by atoms with van der Waals surface area (Å²) in [5, 5.41) is 13.4. The van der Waals surface area contributed by atoms with E-state index in [1.807, 2.05) is 13.0 Å². The molecule has 2 unspecified atom stereocenters. The zero-order valence-corrected chi connectivity index (χ0v) is 13.9. The fourth-order valence-corrected chi connectivity index (χ4v) is 3.81. The average molecular weight is 312 g/mol. The number of nitrogens with one attached hydrogen (secondary N) is 1. The first-order valence-electron chi connectivity index (χ1n) is 7.20. The molecule has 21 heavy (non-hydrogen) atoms. The number of hydrogen-bond acceptors (Lipinski definition) is 4.